The van der Waals surface area contributed by atoms with Crippen LogP contribution in [0.2, 0.25) is 0 Å². The highest BCUT2D eigenvalue weighted by Gasteiger charge is 2.14. The van der Waals surface area contributed by atoms with Crippen LogP contribution in [-0.4, -0.2) is 18.2 Å². The quantitative estimate of drug-likeness (QED) is 0.752. The topological polar surface area (TPSA) is 52.0 Å². The largest absolute Gasteiger partial charge is 0.272 e. The summed E-state index contributed by atoms with van der Waals surface area (Å²) in [6.45, 7) is 6.93. The van der Waals surface area contributed by atoms with Crippen LogP contribution < -0.4 is 0 Å². The Morgan fingerprint density at radius 3 is 2.47 bits per heavy atom. The highest BCUT2D eigenvalue weighted by atomic mass is 35.7. The van der Waals surface area contributed by atoms with Gasteiger partial charge in [-0.2, -0.15) is 5.10 Å². The van der Waals surface area contributed by atoms with Gasteiger partial charge in [0.05, 0.1) is 11.4 Å². The van der Waals surface area contributed by atoms with Gasteiger partial charge in [-0.15, -0.1) is 0 Å². The maximum absolute atomic E-state index is 11.0. The lowest BCUT2D eigenvalue weighted by atomic mass is 10.0. The molecular formula is C11H19ClN2O2S. The number of hydrogen-bond donors (Lipinski definition) is 0. The summed E-state index contributed by atoms with van der Waals surface area (Å²) < 4.78 is 23.9. The van der Waals surface area contributed by atoms with E-state index < -0.39 is 9.05 Å². The minimum absolute atomic E-state index is 0.149. The molecular weight excluding hydrogens is 260 g/mol. The van der Waals surface area contributed by atoms with Crippen LogP contribution in [0.25, 0.3) is 0 Å². The van der Waals surface area contributed by atoms with E-state index in [-0.39, 0.29) is 5.75 Å². The molecule has 0 amide bonds. The summed E-state index contributed by atoms with van der Waals surface area (Å²) in [5.74, 6) is 0.429. The van der Waals surface area contributed by atoms with E-state index in [1.165, 1.54) is 0 Å². The van der Waals surface area contributed by atoms with Gasteiger partial charge in [0.25, 0.3) is 0 Å². The summed E-state index contributed by atoms with van der Waals surface area (Å²) in [6, 6.07) is 0. The van der Waals surface area contributed by atoms with Crippen LogP contribution in [-0.2, 0) is 21.3 Å². The average molecular weight is 279 g/mol. The first-order valence-corrected chi connectivity index (χ1v) is 8.28. The Hall–Kier alpha value is -0.550. The molecule has 0 aliphatic heterocycles. The number of aromatic nitrogens is 2. The molecule has 1 aromatic rings. The molecule has 98 valence electrons. The highest BCUT2D eigenvalue weighted by Crippen LogP contribution is 2.16. The molecule has 0 saturated carbocycles. The number of halogens is 1. The van der Waals surface area contributed by atoms with E-state index in [1.54, 1.807) is 13.1 Å². The Bertz CT molecular complexity index is 464. The summed E-state index contributed by atoms with van der Waals surface area (Å²) in [4.78, 5) is 0. The molecule has 0 aromatic carbocycles. The first kappa shape index (κ1) is 14.5. The van der Waals surface area contributed by atoms with Gasteiger partial charge in [-0.25, -0.2) is 8.42 Å². The predicted octanol–water partition coefficient (Wildman–Crippen LogP) is 2.70. The zero-order valence-corrected chi connectivity index (χ0v) is 12.1. The summed E-state index contributed by atoms with van der Waals surface area (Å²) in [7, 11) is 1.74. The van der Waals surface area contributed by atoms with Crippen molar-refractivity contribution in [2.45, 2.75) is 45.9 Å². The lowest BCUT2D eigenvalue weighted by Gasteiger charge is -2.11. The molecule has 0 aliphatic carbocycles. The van der Waals surface area contributed by atoms with Crippen molar-refractivity contribution in [1.82, 2.24) is 9.78 Å². The third-order valence-electron chi connectivity index (χ3n) is 2.98. The fraction of sp³-hybridized carbons (Fsp3) is 0.727. The van der Waals surface area contributed by atoms with Crippen LogP contribution in [0.5, 0.6) is 0 Å². The molecule has 0 atom stereocenters. The van der Waals surface area contributed by atoms with Gasteiger partial charge in [0.1, 0.15) is 0 Å². The van der Waals surface area contributed by atoms with Crippen LogP contribution in [0.3, 0.4) is 0 Å². The van der Waals surface area contributed by atoms with Gasteiger partial charge in [-0.3, -0.25) is 4.68 Å². The number of nitrogens with zero attached hydrogens (tertiary/aromatic N) is 2. The van der Waals surface area contributed by atoms with Gasteiger partial charge in [0.2, 0.25) is 9.05 Å². The molecule has 0 radical (unpaired) electrons. The molecule has 4 nitrogen and oxygen atoms in total. The monoisotopic (exact) mass is 278 g/mol. The van der Waals surface area contributed by atoms with Crippen molar-refractivity contribution in [3.05, 3.63) is 17.5 Å². The smallest absolute Gasteiger partial charge is 0.236 e. The molecule has 0 N–H and O–H groups in total. The lowest BCUT2D eigenvalue weighted by Crippen LogP contribution is -2.09. The molecule has 17 heavy (non-hydrogen) atoms. The summed E-state index contributed by atoms with van der Waals surface area (Å²) in [5.41, 5.74) is 1.42. The van der Waals surface area contributed by atoms with Gasteiger partial charge in [0, 0.05) is 29.0 Å². The zero-order chi connectivity index (χ0) is 13.1. The molecule has 6 heteroatoms. The van der Waals surface area contributed by atoms with E-state index in [1.807, 2.05) is 4.68 Å². The molecule has 1 aromatic heterocycles. The Kier molecular flexibility index (Phi) is 5.01. The lowest BCUT2D eigenvalue weighted by molar-refractivity contribution is 0.395. The predicted molar refractivity (Wildman–Crippen MR) is 69.5 cm³/mol. The van der Waals surface area contributed by atoms with Crippen molar-refractivity contribution in [1.29, 1.82) is 0 Å². The summed E-state index contributed by atoms with van der Waals surface area (Å²) in [6.07, 6.45) is 3.98. The van der Waals surface area contributed by atoms with E-state index in [0.717, 1.165) is 25.1 Å². The van der Waals surface area contributed by atoms with Crippen LogP contribution in [0.1, 0.15) is 37.9 Å². The van der Waals surface area contributed by atoms with E-state index in [9.17, 15) is 8.42 Å². The minimum Gasteiger partial charge on any atom is -0.272 e. The third kappa shape index (κ3) is 4.68. The fourth-order valence-electron chi connectivity index (χ4n) is 1.79. The molecule has 0 spiro atoms. The molecule has 1 rings (SSSR count). The highest BCUT2D eigenvalue weighted by molar-refractivity contribution is 8.13. The summed E-state index contributed by atoms with van der Waals surface area (Å²) >= 11 is 0. The SMILES string of the molecule is CCC(CC)Cn1cc(CS(=O)(=O)Cl)c(C)n1. The minimum atomic E-state index is -3.51. The number of hydrogen-bond acceptors (Lipinski definition) is 3. The second kappa shape index (κ2) is 5.87. The number of rotatable bonds is 6. The van der Waals surface area contributed by atoms with Crippen LogP contribution >= 0.6 is 10.7 Å². The van der Waals surface area contributed by atoms with Crippen LogP contribution in [0, 0.1) is 12.8 Å². The van der Waals surface area contributed by atoms with E-state index in [2.05, 4.69) is 18.9 Å². The summed E-state index contributed by atoms with van der Waals surface area (Å²) in [5, 5.41) is 4.32. The van der Waals surface area contributed by atoms with Crippen molar-refractivity contribution in [2.75, 3.05) is 0 Å². The van der Waals surface area contributed by atoms with Crippen LogP contribution in [0.15, 0.2) is 6.20 Å². The van der Waals surface area contributed by atoms with Crippen molar-refractivity contribution in [3.63, 3.8) is 0 Å². The van der Waals surface area contributed by atoms with Crippen molar-refractivity contribution in [2.24, 2.45) is 5.92 Å². The molecule has 1 heterocycles. The molecule has 0 fully saturated rings. The van der Waals surface area contributed by atoms with Gasteiger partial charge in [-0.1, -0.05) is 26.7 Å². The Morgan fingerprint density at radius 2 is 2.00 bits per heavy atom. The standard InChI is InChI=1S/C11H19ClN2O2S/c1-4-10(5-2)6-14-7-11(9(3)13-14)8-17(12,15)16/h7,10H,4-6,8H2,1-3H3. The average Bonchev–Trinajstić information content (AvgIpc) is 2.53. The zero-order valence-electron chi connectivity index (χ0n) is 10.5. The maximum atomic E-state index is 11.0. The first-order chi connectivity index (χ1) is 7.85. The van der Waals surface area contributed by atoms with Gasteiger partial charge < -0.3 is 0 Å². The van der Waals surface area contributed by atoms with E-state index >= 15 is 0 Å². The van der Waals surface area contributed by atoms with Crippen LogP contribution in [0.4, 0.5) is 0 Å². The molecule has 0 bridgehead atoms. The molecule has 0 saturated heterocycles. The fourth-order valence-corrected chi connectivity index (χ4v) is 2.80. The second-order valence-electron chi connectivity index (χ2n) is 4.33. The van der Waals surface area contributed by atoms with Gasteiger partial charge in [0.15, 0.2) is 0 Å². The Labute approximate surface area is 107 Å². The van der Waals surface area contributed by atoms with E-state index in [0.29, 0.717) is 11.5 Å². The Morgan fingerprint density at radius 1 is 1.41 bits per heavy atom. The first-order valence-electron chi connectivity index (χ1n) is 5.81. The van der Waals surface area contributed by atoms with Gasteiger partial charge in [-0.05, 0) is 12.8 Å². The third-order valence-corrected chi connectivity index (χ3v) is 3.96. The Balaban J connectivity index is 2.81. The van der Waals surface area contributed by atoms with Crippen molar-refractivity contribution < 1.29 is 8.42 Å². The maximum Gasteiger partial charge on any atom is 0.236 e. The van der Waals surface area contributed by atoms with Gasteiger partial charge >= 0.3 is 0 Å². The van der Waals surface area contributed by atoms with E-state index in [4.69, 9.17) is 10.7 Å². The normalized spacial score (nSPS) is 12.3. The molecule has 0 aliphatic rings. The number of aryl methyl sites for hydroxylation is 1. The van der Waals surface area contributed by atoms with Crippen molar-refractivity contribution >= 4 is 19.7 Å². The van der Waals surface area contributed by atoms with Crippen molar-refractivity contribution in [3.8, 4) is 0 Å². The molecule has 0 unspecified atom stereocenters. The second-order valence-corrected chi connectivity index (χ2v) is 7.10.